The molecule has 0 saturated heterocycles. The van der Waals surface area contributed by atoms with Gasteiger partial charge in [-0.15, -0.1) is 0 Å². The molecule has 0 bridgehead atoms. The molecule has 2 aromatic heterocycles. The topological polar surface area (TPSA) is 73.0 Å². The van der Waals surface area contributed by atoms with E-state index in [1.54, 1.807) is 23.9 Å². The van der Waals surface area contributed by atoms with Crippen molar-refractivity contribution >= 4 is 5.91 Å². The third-order valence-corrected chi connectivity index (χ3v) is 2.26. The van der Waals surface area contributed by atoms with Crippen LogP contribution in [0.3, 0.4) is 0 Å². The van der Waals surface area contributed by atoms with Crippen LogP contribution in [0.1, 0.15) is 23.2 Å². The van der Waals surface area contributed by atoms with Crippen molar-refractivity contribution in [2.45, 2.75) is 26.4 Å². The number of hydrogen-bond donors (Lipinski definition) is 1. The summed E-state index contributed by atoms with van der Waals surface area (Å²) in [5.41, 5.74) is 0.301. The second-order valence-corrected chi connectivity index (χ2v) is 3.93. The Kier molecular flexibility index (Phi) is 3.22. The molecule has 2 aromatic rings. The number of carbonyl (C=O) groups excluding carboxylic acids is 1. The Morgan fingerprint density at radius 1 is 1.65 bits per heavy atom. The summed E-state index contributed by atoms with van der Waals surface area (Å²) >= 11 is 0. The van der Waals surface area contributed by atoms with Crippen LogP contribution in [-0.2, 0) is 6.54 Å². The van der Waals surface area contributed by atoms with Gasteiger partial charge in [0.1, 0.15) is 5.76 Å². The van der Waals surface area contributed by atoms with E-state index in [9.17, 15) is 4.79 Å². The number of nitrogens with one attached hydrogen (secondary N) is 1. The Morgan fingerprint density at radius 2 is 2.47 bits per heavy atom. The third kappa shape index (κ3) is 2.93. The van der Waals surface area contributed by atoms with Gasteiger partial charge in [0.2, 0.25) is 0 Å². The summed E-state index contributed by atoms with van der Waals surface area (Å²) in [4.78, 5) is 11.7. The fourth-order valence-corrected chi connectivity index (χ4v) is 1.51. The summed E-state index contributed by atoms with van der Waals surface area (Å²) in [7, 11) is 0. The molecule has 6 nitrogen and oxygen atoms in total. The maximum absolute atomic E-state index is 11.7. The van der Waals surface area contributed by atoms with Crippen molar-refractivity contribution in [3.05, 3.63) is 36.0 Å². The Bertz CT molecular complexity index is 489. The van der Waals surface area contributed by atoms with E-state index >= 15 is 0 Å². The second kappa shape index (κ2) is 4.82. The van der Waals surface area contributed by atoms with Crippen LogP contribution in [0.4, 0.5) is 0 Å². The molecule has 2 heterocycles. The van der Waals surface area contributed by atoms with Crippen molar-refractivity contribution in [2.75, 3.05) is 0 Å². The number of aromatic nitrogens is 3. The molecule has 0 saturated carbocycles. The van der Waals surface area contributed by atoms with Crippen molar-refractivity contribution in [2.24, 2.45) is 0 Å². The molecule has 0 aliphatic heterocycles. The highest BCUT2D eigenvalue weighted by molar-refractivity contribution is 5.92. The number of hydrogen-bond acceptors (Lipinski definition) is 4. The van der Waals surface area contributed by atoms with Crippen LogP contribution in [0.25, 0.3) is 0 Å². The van der Waals surface area contributed by atoms with E-state index in [1.807, 2.05) is 19.2 Å². The fraction of sp³-hybridized carbons (Fsp3) is 0.364. The van der Waals surface area contributed by atoms with Crippen LogP contribution >= 0.6 is 0 Å². The lowest BCUT2D eigenvalue weighted by Crippen LogP contribution is -2.35. The molecule has 0 aromatic carbocycles. The number of nitrogens with zero attached hydrogens (tertiary/aromatic N) is 3. The maximum atomic E-state index is 11.7. The van der Waals surface area contributed by atoms with Gasteiger partial charge in [0.15, 0.2) is 5.69 Å². The zero-order valence-corrected chi connectivity index (χ0v) is 9.75. The van der Waals surface area contributed by atoms with Gasteiger partial charge < -0.3 is 9.84 Å². The molecule has 0 aliphatic rings. The van der Waals surface area contributed by atoms with Gasteiger partial charge in [-0.05, 0) is 19.9 Å². The predicted molar refractivity (Wildman–Crippen MR) is 60.4 cm³/mol. The normalized spacial score (nSPS) is 12.4. The number of rotatable bonds is 4. The minimum atomic E-state index is -0.235. The van der Waals surface area contributed by atoms with E-state index in [4.69, 9.17) is 4.52 Å². The SMILES string of the molecule is Cc1cc(C(=O)NC(C)Cn2cccn2)no1. The van der Waals surface area contributed by atoms with Gasteiger partial charge in [-0.1, -0.05) is 5.16 Å². The Balaban J connectivity index is 1.90. The number of carbonyl (C=O) groups is 1. The standard InChI is InChI=1S/C11H14N4O2/c1-8(7-15-5-3-4-12-15)13-11(16)10-6-9(2)17-14-10/h3-6,8H,7H2,1-2H3,(H,13,16). The molecule has 90 valence electrons. The first kappa shape index (κ1) is 11.4. The zero-order valence-electron chi connectivity index (χ0n) is 9.75. The Morgan fingerprint density at radius 3 is 3.06 bits per heavy atom. The third-order valence-electron chi connectivity index (χ3n) is 2.26. The molecule has 2 rings (SSSR count). The van der Waals surface area contributed by atoms with E-state index in [-0.39, 0.29) is 11.9 Å². The molecule has 0 radical (unpaired) electrons. The summed E-state index contributed by atoms with van der Waals surface area (Å²) in [5, 5.41) is 10.6. The first-order valence-corrected chi connectivity index (χ1v) is 5.37. The number of amides is 1. The average molecular weight is 234 g/mol. The molecule has 0 fully saturated rings. The van der Waals surface area contributed by atoms with Crippen LogP contribution in [0.2, 0.25) is 0 Å². The minimum absolute atomic E-state index is 0.0283. The zero-order chi connectivity index (χ0) is 12.3. The van der Waals surface area contributed by atoms with Gasteiger partial charge in [0.05, 0.1) is 6.54 Å². The molecule has 1 atom stereocenters. The van der Waals surface area contributed by atoms with Crippen LogP contribution in [-0.4, -0.2) is 26.9 Å². The molecule has 1 N–H and O–H groups in total. The largest absolute Gasteiger partial charge is 0.361 e. The van der Waals surface area contributed by atoms with Gasteiger partial charge in [-0.25, -0.2) is 0 Å². The highest BCUT2D eigenvalue weighted by Crippen LogP contribution is 2.02. The average Bonchev–Trinajstić information content (AvgIpc) is 2.89. The molecule has 1 unspecified atom stereocenters. The van der Waals surface area contributed by atoms with Crippen LogP contribution < -0.4 is 5.32 Å². The summed E-state index contributed by atoms with van der Waals surface area (Å²) in [6.45, 7) is 4.28. The lowest BCUT2D eigenvalue weighted by molar-refractivity contribution is 0.0927. The van der Waals surface area contributed by atoms with Crippen molar-refractivity contribution in [3.8, 4) is 0 Å². The van der Waals surface area contributed by atoms with E-state index in [1.165, 1.54) is 0 Å². The quantitative estimate of drug-likeness (QED) is 0.856. The summed E-state index contributed by atoms with van der Waals surface area (Å²) in [6.07, 6.45) is 3.55. The fourth-order valence-electron chi connectivity index (χ4n) is 1.51. The van der Waals surface area contributed by atoms with E-state index in [0.29, 0.717) is 18.0 Å². The summed E-state index contributed by atoms with van der Waals surface area (Å²) < 4.78 is 6.61. The summed E-state index contributed by atoms with van der Waals surface area (Å²) in [6, 6.07) is 3.42. The van der Waals surface area contributed by atoms with Gasteiger partial charge in [0.25, 0.3) is 5.91 Å². The molecule has 1 amide bonds. The molecule has 17 heavy (non-hydrogen) atoms. The number of aryl methyl sites for hydroxylation is 1. The van der Waals surface area contributed by atoms with Crippen molar-refractivity contribution in [1.82, 2.24) is 20.3 Å². The van der Waals surface area contributed by atoms with Crippen LogP contribution in [0.15, 0.2) is 29.0 Å². The van der Waals surface area contributed by atoms with Crippen molar-refractivity contribution in [1.29, 1.82) is 0 Å². The first-order valence-electron chi connectivity index (χ1n) is 5.37. The van der Waals surface area contributed by atoms with Gasteiger partial charge in [-0.2, -0.15) is 5.10 Å². The first-order chi connectivity index (χ1) is 8.15. The van der Waals surface area contributed by atoms with E-state index in [2.05, 4.69) is 15.6 Å². The van der Waals surface area contributed by atoms with Crippen molar-refractivity contribution < 1.29 is 9.32 Å². The molecule has 0 aliphatic carbocycles. The van der Waals surface area contributed by atoms with Crippen LogP contribution in [0.5, 0.6) is 0 Å². The van der Waals surface area contributed by atoms with Gasteiger partial charge in [-0.3, -0.25) is 9.48 Å². The molecular weight excluding hydrogens is 220 g/mol. The van der Waals surface area contributed by atoms with Gasteiger partial charge in [0, 0.05) is 24.5 Å². The molecule has 6 heteroatoms. The van der Waals surface area contributed by atoms with E-state index in [0.717, 1.165) is 0 Å². The molecule has 0 spiro atoms. The van der Waals surface area contributed by atoms with Crippen molar-refractivity contribution in [3.63, 3.8) is 0 Å². The van der Waals surface area contributed by atoms with Crippen LogP contribution in [0, 0.1) is 6.92 Å². The molecular formula is C11H14N4O2. The minimum Gasteiger partial charge on any atom is -0.361 e. The lowest BCUT2D eigenvalue weighted by atomic mass is 10.3. The highest BCUT2D eigenvalue weighted by atomic mass is 16.5. The van der Waals surface area contributed by atoms with Gasteiger partial charge >= 0.3 is 0 Å². The lowest BCUT2D eigenvalue weighted by Gasteiger charge is -2.12. The smallest absolute Gasteiger partial charge is 0.273 e. The summed E-state index contributed by atoms with van der Waals surface area (Å²) in [5.74, 6) is 0.386. The van der Waals surface area contributed by atoms with E-state index < -0.39 is 0 Å². The monoisotopic (exact) mass is 234 g/mol. The maximum Gasteiger partial charge on any atom is 0.273 e. The second-order valence-electron chi connectivity index (χ2n) is 3.93. The predicted octanol–water partition coefficient (Wildman–Crippen LogP) is 0.998. The highest BCUT2D eigenvalue weighted by Gasteiger charge is 2.13. The Labute approximate surface area is 98.6 Å². The Hall–Kier alpha value is -2.11.